The van der Waals surface area contributed by atoms with Gasteiger partial charge in [-0.15, -0.1) is 0 Å². The predicted octanol–water partition coefficient (Wildman–Crippen LogP) is 0.207. The lowest BCUT2D eigenvalue weighted by Crippen LogP contribution is -2.41. The van der Waals surface area contributed by atoms with Gasteiger partial charge >= 0.3 is 0 Å². The van der Waals surface area contributed by atoms with Crippen LogP contribution in [-0.4, -0.2) is 36.2 Å². The maximum Gasteiger partial charge on any atom is 0.237 e. The highest BCUT2D eigenvalue weighted by Gasteiger charge is 2.27. The summed E-state index contributed by atoms with van der Waals surface area (Å²) >= 11 is 0. The fraction of sp³-hybridized carbons (Fsp3) is 0.462. The summed E-state index contributed by atoms with van der Waals surface area (Å²) in [6, 6.07) is 6.20. The van der Waals surface area contributed by atoms with E-state index in [2.05, 4.69) is 10.6 Å². The van der Waals surface area contributed by atoms with Gasteiger partial charge in [-0.2, -0.15) is 0 Å². The summed E-state index contributed by atoms with van der Waals surface area (Å²) in [5, 5.41) is 15.0. The second-order valence-electron chi connectivity index (χ2n) is 4.48. The van der Waals surface area contributed by atoms with E-state index >= 15 is 0 Å². The molecule has 1 saturated heterocycles. The highest BCUT2D eigenvalue weighted by atomic mass is 19.1. The molecule has 1 aromatic carbocycles. The van der Waals surface area contributed by atoms with E-state index in [1.54, 1.807) is 18.2 Å². The third kappa shape index (κ3) is 3.27. The van der Waals surface area contributed by atoms with E-state index in [-0.39, 0.29) is 17.8 Å². The first-order chi connectivity index (χ1) is 8.66. The van der Waals surface area contributed by atoms with Crippen LogP contribution in [0.1, 0.15) is 12.0 Å². The molecule has 0 aliphatic carbocycles. The molecule has 1 aliphatic heterocycles. The lowest BCUT2D eigenvalue weighted by Gasteiger charge is -2.11. The Morgan fingerprint density at radius 1 is 1.50 bits per heavy atom. The molecule has 0 spiro atoms. The normalized spacial score (nSPS) is 23.0. The van der Waals surface area contributed by atoms with Crippen LogP contribution in [0, 0.1) is 5.82 Å². The quantitative estimate of drug-likeness (QED) is 0.718. The van der Waals surface area contributed by atoms with E-state index in [4.69, 9.17) is 0 Å². The van der Waals surface area contributed by atoms with Crippen molar-refractivity contribution in [3.63, 3.8) is 0 Å². The molecule has 1 aromatic rings. The zero-order valence-corrected chi connectivity index (χ0v) is 10.0. The molecule has 2 atom stereocenters. The summed E-state index contributed by atoms with van der Waals surface area (Å²) in [7, 11) is 0. The van der Waals surface area contributed by atoms with Gasteiger partial charge in [0.05, 0.1) is 12.1 Å². The molecule has 1 aliphatic rings. The number of amides is 1. The number of halogens is 1. The molecule has 0 saturated carbocycles. The van der Waals surface area contributed by atoms with Crippen LogP contribution in [0.15, 0.2) is 24.3 Å². The summed E-state index contributed by atoms with van der Waals surface area (Å²) in [6.07, 6.45) is 0.450. The van der Waals surface area contributed by atoms with Gasteiger partial charge in [0.15, 0.2) is 0 Å². The molecule has 0 bridgehead atoms. The minimum absolute atomic E-state index is 0.136. The van der Waals surface area contributed by atoms with Crippen LogP contribution < -0.4 is 10.6 Å². The first-order valence-electron chi connectivity index (χ1n) is 6.09. The van der Waals surface area contributed by atoms with Crippen molar-refractivity contribution in [2.45, 2.75) is 25.0 Å². The number of aliphatic hydroxyl groups excluding tert-OH is 1. The van der Waals surface area contributed by atoms with Crippen molar-refractivity contribution < 1.29 is 14.3 Å². The van der Waals surface area contributed by atoms with Gasteiger partial charge in [0, 0.05) is 13.1 Å². The largest absolute Gasteiger partial charge is 0.392 e. The van der Waals surface area contributed by atoms with Gasteiger partial charge in [-0.3, -0.25) is 4.79 Å². The molecule has 4 nitrogen and oxygen atoms in total. The molecule has 98 valence electrons. The van der Waals surface area contributed by atoms with Gasteiger partial charge < -0.3 is 15.7 Å². The summed E-state index contributed by atoms with van der Waals surface area (Å²) in [4.78, 5) is 11.7. The fourth-order valence-corrected chi connectivity index (χ4v) is 2.06. The van der Waals surface area contributed by atoms with Crippen molar-refractivity contribution in [1.82, 2.24) is 10.6 Å². The Morgan fingerprint density at radius 3 is 2.94 bits per heavy atom. The van der Waals surface area contributed by atoms with Crippen molar-refractivity contribution in [3.05, 3.63) is 35.6 Å². The fourth-order valence-electron chi connectivity index (χ4n) is 2.06. The zero-order valence-electron chi connectivity index (χ0n) is 10.0. The highest BCUT2D eigenvalue weighted by molar-refractivity contribution is 5.82. The summed E-state index contributed by atoms with van der Waals surface area (Å²) in [6.45, 7) is 0.847. The van der Waals surface area contributed by atoms with E-state index in [0.717, 1.165) is 0 Å². The number of hydrogen-bond donors (Lipinski definition) is 3. The second-order valence-corrected chi connectivity index (χ2v) is 4.48. The molecule has 5 heteroatoms. The summed E-state index contributed by atoms with van der Waals surface area (Å²) in [5.41, 5.74) is 0.595. The Labute approximate surface area is 105 Å². The Kier molecular flexibility index (Phi) is 4.28. The topological polar surface area (TPSA) is 61.4 Å². The second kappa shape index (κ2) is 5.93. The first kappa shape index (κ1) is 13.0. The van der Waals surface area contributed by atoms with E-state index in [0.29, 0.717) is 31.5 Å². The highest BCUT2D eigenvalue weighted by Crippen LogP contribution is 2.08. The maximum absolute atomic E-state index is 13.3. The van der Waals surface area contributed by atoms with Crippen LogP contribution in [0.25, 0.3) is 0 Å². The van der Waals surface area contributed by atoms with Crippen LogP contribution in [0.4, 0.5) is 4.39 Å². The third-order valence-electron chi connectivity index (χ3n) is 3.08. The molecule has 0 radical (unpaired) electrons. The molecular weight excluding hydrogens is 235 g/mol. The zero-order chi connectivity index (χ0) is 13.0. The Bertz CT molecular complexity index is 425. The predicted molar refractivity (Wildman–Crippen MR) is 65.5 cm³/mol. The smallest absolute Gasteiger partial charge is 0.237 e. The van der Waals surface area contributed by atoms with Gasteiger partial charge in [0.1, 0.15) is 5.82 Å². The Balaban J connectivity index is 1.75. The summed E-state index contributed by atoms with van der Waals surface area (Å²) < 4.78 is 13.3. The number of carbonyl (C=O) groups is 1. The molecule has 0 aromatic heterocycles. The van der Waals surface area contributed by atoms with Gasteiger partial charge in [-0.05, 0) is 24.5 Å². The molecular formula is C13H17FN2O2. The number of benzene rings is 1. The van der Waals surface area contributed by atoms with Crippen molar-refractivity contribution in [2.75, 3.05) is 13.1 Å². The molecule has 1 fully saturated rings. The lowest BCUT2D eigenvalue weighted by atomic mass is 10.1. The molecule has 1 amide bonds. The van der Waals surface area contributed by atoms with Crippen molar-refractivity contribution in [1.29, 1.82) is 0 Å². The van der Waals surface area contributed by atoms with Crippen LogP contribution >= 0.6 is 0 Å². The molecule has 3 N–H and O–H groups in total. The number of hydrogen-bond acceptors (Lipinski definition) is 3. The average molecular weight is 252 g/mol. The van der Waals surface area contributed by atoms with Gasteiger partial charge in [0.2, 0.25) is 5.91 Å². The van der Waals surface area contributed by atoms with Crippen molar-refractivity contribution in [2.24, 2.45) is 0 Å². The maximum atomic E-state index is 13.3. The third-order valence-corrected chi connectivity index (χ3v) is 3.08. The summed E-state index contributed by atoms with van der Waals surface area (Å²) in [5.74, 6) is -0.385. The number of β-amino-alcohol motifs (C(OH)–C–C–N with tert-alkyl or cyclic N) is 1. The Hall–Kier alpha value is -1.46. The van der Waals surface area contributed by atoms with Crippen molar-refractivity contribution >= 4 is 5.91 Å². The number of nitrogens with one attached hydrogen (secondary N) is 2. The van der Waals surface area contributed by atoms with E-state index in [9.17, 15) is 14.3 Å². The lowest BCUT2D eigenvalue weighted by molar-refractivity contribution is -0.122. The molecule has 2 unspecified atom stereocenters. The van der Waals surface area contributed by atoms with Gasteiger partial charge in [-0.1, -0.05) is 18.2 Å². The van der Waals surface area contributed by atoms with Gasteiger partial charge in [0.25, 0.3) is 0 Å². The average Bonchev–Trinajstić information content (AvgIpc) is 2.78. The van der Waals surface area contributed by atoms with E-state index < -0.39 is 6.10 Å². The standard InChI is InChI=1S/C13H17FN2O2/c14-11-4-2-1-3-9(11)5-6-15-13(18)12-7-10(17)8-16-12/h1-4,10,12,16-17H,5-8H2,(H,15,18). The number of rotatable bonds is 4. The van der Waals surface area contributed by atoms with Crippen LogP contribution in [-0.2, 0) is 11.2 Å². The molecule has 1 heterocycles. The van der Waals surface area contributed by atoms with E-state index in [1.807, 2.05) is 0 Å². The molecule has 2 rings (SSSR count). The first-order valence-corrected chi connectivity index (χ1v) is 6.09. The minimum Gasteiger partial charge on any atom is -0.392 e. The number of aliphatic hydroxyl groups is 1. The van der Waals surface area contributed by atoms with Gasteiger partial charge in [-0.25, -0.2) is 4.39 Å². The monoisotopic (exact) mass is 252 g/mol. The van der Waals surface area contributed by atoms with E-state index in [1.165, 1.54) is 6.07 Å². The molecule has 18 heavy (non-hydrogen) atoms. The Morgan fingerprint density at radius 2 is 2.28 bits per heavy atom. The SMILES string of the molecule is O=C(NCCc1ccccc1F)C1CC(O)CN1. The van der Waals surface area contributed by atoms with Crippen LogP contribution in [0.3, 0.4) is 0 Å². The van der Waals surface area contributed by atoms with Crippen LogP contribution in [0.2, 0.25) is 0 Å². The minimum atomic E-state index is -0.452. The number of carbonyl (C=O) groups excluding carboxylic acids is 1. The van der Waals surface area contributed by atoms with Crippen molar-refractivity contribution in [3.8, 4) is 0 Å². The van der Waals surface area contributed by atoms with Crippen LogP contribution in [0.5, 0.6) is 0 Å².